The lowest BCUT2D eigenvalue weighted by Gasteiger charge is -2.26. The second kappa shape index (κ2) is 54.3. The fourth-order valence-electron chi connectivity index (χ4n) is 7.63. The van der Waals surface area contributed by atoms with Crippen LogP contribution >= 0.6 is 0 Å². The number of amides is 2. The minimum absolute atomic E-state index is 0. The standard InChI is InChI=1S/2C12H17NO2.C10H11NO.C10H12O3.C9H12O.C9H10O.C8H8O.C5H12F2Si.C2H7N.8CH4/c2*1-9-6-5-7-10(8-9)12(2,15)11(14)13(3)4;1-8-5-4-6-9(7-8)10(2,12)11-3;1-7-4-3-5-8(6-7)10(2,13)9(11)12;2*1-7-4-3-5-9(6-7)8(2)10;1-7-3-2-4-8(5-7)6-9;1-5(6,7)8(2,3)4;1-3-2;;;;;;;;/h2*5-8,15H,1-4H3;4-7,12H,1-2H3;3-6,13H,1-2H3,(H,11,12);3-6,8,10H,1-2H3;3-6H,1-2H3;2-6H,1H3;1-4H3;3H,1-2H3;8*1H4. The Balaban J connectivity index is -0.000000119. The maximum Gasteiger partial charge on any atom is 0.358 e. The monoisotopic (exact) mass is 1460 g/mol. The molecule has 7 N–H and O–H groups in total. The highest BCUT2D eigenvalue weighted by atomic mass is 28.3. The number of carbonyl (C=O) groups excluding carboxylic acids is 4. The van der Waals surface area contributed by atoms with E-state index in [0.717, 1.165) is 63.3 Å². The predicted octanol–water partition coefficient (Wildman–Crippen LogP) is 19.4. The minimum Gasteiger partial charge on any atom is -0.479 e. The van der Waals surface area contributed by atoms with Crippen molar-refractivity contribution in [3.8, 4) is 0 Å². The van der Waals surface area contributed by atoms with Crippen molar-refractivity contribution in [2.75, 3.05) is 42.3 Å². The lowest BCUT2D eigenvalue weighted by molar-refractivity contribution is -0.157. The van der Waals surface area contributed by atoms with Crippen LogP contribution in [0.25, 0.3) is 4.85 Å². The average molecular weight is 1460 g/mol. The molecule has 5 unspecified atom stereocenters. The van der Waals surface area contributed by atoms with Gasteiger partial charge in [-0.2, -0.15) is 0 Å². The Kier molecular flexibility index (Phi) is 61.0. The Labute approximate surface area is 625 Å². The van der Waals surface area contributed by atoms with Crippen LogP contribution in [-0.4, -0.2) is 126 Å². The number of carboxylic acids is 1. The molecule has 0 fully saturated rings. The van der Waals surface area contributed by atoms with E-state index in [2.05, 4.69) is 10.2 Å². The van der Waals surface area contributed by atoms with E-state index in [0.29, 0.717) is 22.3 Å². The van der Waals surface area contributed by atoms with E-state index in [-0.39, 0.29) is 83.1 Å². The number of aldehydes is 1. The fraction of sp³-hybridized carbons (Fsp3) is 0.435. The maximum atomic E-state index is 12.3. The van der Waals surface area contributed by atoms with Gasteiger partial charge < -0.3 is 45.8 Å². The summed E-state index contributed by atoms with van der Waals surface area (Å²) < 4.78 is 24.6. The van der Waals surface area contributed by atoms with Crippen molar-refractivity contribution in [2.45, 2.75) is 210 Å². The number of benzene rings is 7. The summed E-state index contributed by atoms with van der Waals surface area (Å²) >= 11 is 0. The molecular formula is C85H138F2N4O11Si. The number of likely N-dealkylation sites (N-methyl/N-ethyl adjacent to an activating group) is 2. The number of carboxylic acid groups (broad SMARTS) is 1. The number of hydrogen-bond acceptors (Lipinski definition) is 11. The van der Waals surface area contributed by atoms with E-state index in [4.69, 9.17) is 16.8 Å². The quantitative estimate of drug-likeness (QED) is 0.0278. The Morgan fingerprint density at radius 1 is 0.485 bits per heavy atom. The summed E-state index contributed by atoms with van der Waals surface area (Å²) in [6.07, 6.45) is 0.507. The first kappa shape index (κ1) is 116. The first-order valence-electron chi connectivity index (χ1n) is 30.6. The molecule has 0 bridgehead atoms. The third kappa shape index (κ3) is 44.0. The van der Waals surface area contributed by atoms with Crippen molar-refractivity contribution in [2.24, 2.45) is 0 Å². The molecule has 7 aromatic rings. The largest absolute Gasteiger partial charge is 0.479 e. The molecule has 582 valence electrons. The van der Waals surface area contributed by atoms with Gasteiger partial charge in [-0.1, -0.05) is 264 Å². The number of hydrogen-bond donors (Lipinski definition) is 7. The van der Waals surface area contributed by atoms with Crippen LogP contribution < -0.4 is 5.32 Å². The van der Waals surface area contributed by atoms with Crippen molar-refractivity contribution < 1.29 is 63.4 Å². The number of halogens is 2. The zero-order valence-corrected chi connectivity index (χ0v) is 61.1. The number of aliphatic carboxylic acids is 1. The van der Waals surface area contributed by atoms with Crippen LogP contribution in [0.1, 0.15) is 201 Å². The summed E-state index contributed by atoms with van der Waals surface area (Å²) in [4.78, 5) is 61.1. The third-order valence-electron chi connectivity index (χ3n) is 14.0. The summed E-state index contributed by atoms with van der Waals surface area (Å²) in [6.45, 7) is 35.5. The highest BCUT2D eigenvalue weighted by molar-refractivity contribution is 6.78. The van der Waals surface area contributed by atoms with Crippen molar-refractivity contribution in [1.82, 2.24) is 15.1 Å². The average Bonchev–Trinajstić information content (AvgIpc) is 0.820. The number of ketones is 1. The molecule has 0 aromatic heterocycles. The van der Waals surface area contributed by atoms with Crippen LogP contribution in [0, 0.1) is 55.0 Å². The molecule has 15 nitrogen and oxygen atoms in total. The number of aliphatic hydroxyl groups excluding tert-OH is 1. The Bertz CT molecular complexity index is 3460. The molecule has 7 aromatic carbocycles. The summed E-state index contributed by atoms with van der Waals surface area (Å²) in [6, 6.07) is 51.8. The lowest BCUT2D eigenvalue weighted by atomic mass is 9.93. The molecule has 18 heteroatoms. The number of nitrogens with one attached hydrogen (secondary N) is 1. The first-order valence-corrected chi connectivity index (χ1v) is 34.1. The number of rotatable bonds is 11. The van der Waals surface area contributed by atoms with Crippen molar-refractivity contribution in [1.29, 1.82) is 0 Å². The van der Waals surface area contributed by atoms with Gasteiger partial charge in [0.1, 0.15) is 14.4 Å². The molecule has 0 aliphatic heterocycles. The van der Waals surface area contributed by atoms with Gasteiger partial charge in [0.2, 0.25) is 5.55 Å². The van der Waals surface area contributed by atoms with Crippen LogP contribution in [0.5, 0.6) is 0 Å². The van der Waals surface area contributed by atoms with Crippen molar-refractivity contribution in [3.63, 3.8) is 0 Å². The zero-order chi connectivity index (χ0) is 74.0. The third-order valence-corrected chi connectivity index (χ3v) is 16.7. The topological polar surface area (TPSA) is 230 Å². The predicted molar refractivity (Wildman–Crippen MR) is 437 cm³/mol. The summed E-state index contributed by atoms with van der Waals surface area (Å²) in [5, 5.41) is 60.1. The van der Waals surface area contributed by atoms with E-state index >= 15 is 0 Å². The molecule has 0 saturated carbocycles. The summed E-state index contributed by atoms with van der Waals surface area (Å²) in [7, 11) is 8.08. The van der Waals surface area contributed by atoms with E-state index in [1.165, 1.54) is 43.1 Å². The van der Waals surface area contributed by atoms with Gasteiger partial charge >= 0.3 is 11.7 Å². The molecule has 2 amide bonds. The molecule has 0 aliphatic carbocycles. The van der Waals surface area contributed by atoms with Gasteiger partial charge in [0.05, 0.1) is 11.7 Å². The molecular weight excluding hydrogens is 1320 g/mol. The van der Waals surface area contributed by atoms with Gasteiger partial charge in [0.15, 0.2) is 22.6 Å². The van der Waals surface area contributed by atoms with E-state index in [1.807, 2.05) is 190 Å². The second-order valence-electron chi connectivity index (χ2n) is 25.2. The van der Waals surface area contributed by atoms with Gasteiger partial charge in [0.25, 0.3) is 11.8 Å². The van der Waals surface area contributed by atoms with Crippen LogP contribution in [-0.2, 0) is 36.9 Å². The first-order chi connectivity index (χ1) is 43.6. The minimum atomic E-state index is -2.42. The Hall–Kier alpha value is -8.38. The van der Waals surface area contributed by atoms with E-state index < -0.39 is 42.1 Å². The molecule has 0 aliphatic rings. The molecule has 0 spiro atoms. The number of nitrogens with zero attached hydrogens (tertiary/aromatic N) is 3. The molecule has 103 heavy (non-hydrogen) atoms. The number of aliphatic hydroxyl groups is 5. The van der Waals surface area contributed by atoms with Crippen LogP contribution in [0.3, 0.4) is 0 Å². The Morgan fingerprint density at radius 2 is 0.748 bits per heavy atom. The Morgan fingerprint density at radius 3 is 0.961 bits per heavy atom. The zero-order valence-electron chi connectivity index (χ0n) is 60.1. The number of aryl methyl sites for hydroxylation is 7. The van der Waals surface area contributed by atoms with Crippen LogP contribution in [0.15, 0.2) is 170 Å². The van der Waals surface area contributed by atoms with Gasteiger partial charge in [-0.15, -0.1) is 0 Å². The van der Waals surface area contributed by atoms with Crippen molar-refractivity contribution in [3.05, 3.63) is 259 Å². The number of carbonyl (C=O) groups is 5. The van der Waals surface area contributed by atoms with E-state index in [9.17, 15) is 53.2 Å². The summed E-state index contributed by atoms with van der Waals surface area (Å²) in [5.41, 5.74) is 3.81. The normalized spacial score (nSPS) is 12.1. The lowest BCUT2D eigenvalue weighted by Crippen LogP contribution is -2.42. The molecule has 7 rings (SSSR count). The SMILES string of the molecule is C.C.C.C.C.C.C.C.CC(=O)c1cccc(C)c1.CC(F)(F)[Si](C)(C)C.CNC.Cc1cccc(C(C)(O)C(=O)N(C)C)c1.Cc1cccc(C(C)(O)C(=O)N(C)C)c1.Cc1cccc(C(C)(O)C(=O)O)c1.Cc1cccc(C(C)O)c1.Cc1cccc(C=O)c1.[C-]#[N+]C(C)(O)c1cccc(C)c1. The highest BCUT2D eigenvalue weighted by Crippen LogP contribution is 2.27. The van der Waals surface area contributed by atoms with Crippen LogP contribution in [0.4, 0.5) is 8.78 Å². The van der Waals surface area contributed by atoms with Crippen molar-refractivity contribution >= 4 is 37.9 Å². The number of Topliss-reactive ketones (excluding diaryl/α,β-unsaturated/α-hetero) is 1. The van der Waals surface area contributed by atoms with E-state index in [1.54, 1.807) is 104 Å². The molecule has 0 heterocycles. The second-order valence-corrected chi connectivity index (χ2v) is 30.6. The fourth-order valence-corrected chi connectivity index (χ4v) is 7.63. The van der Waals surface area contributed by atoms with Gasteiger partial charge in [0, 0.05) is 46.2 Å². The highest BCUT2D eigenvalue weighted by Gasteiger charge is 2.39. The number of alkyl halides is 2. The van der Waals surface area contributed by atoms with Gasteiger partial charge in [-0.3, -0.25) is 24.0 Å². The van der Waals surface area contributed by atoms with Gasteiger partial charge in [-0.05, 0) is 151 Å². The molecule has 5 atom stereocenters. The van der Waals surface area contributed by atoms with Crippen LogP contribution in [0.2, 0.25) is 19.6 Å². The molecule has 0 saturated heterocycles. The maximum absolute atomic E-state index is 12.3. The van der Waals surface area contributed by atoms with Gasteiger partial charge in [-0.25, -0.2) is 20.1 Å². The summed E-state index contributed by atoms with van der Waals surface area (Å²) in [5.74, 6) is -1.73. The smallest absolute Gasteiger partial charge is 0.358 e. The molecule has 0 radical (unpaired) electrons.